The van der Waals surface area contributed by atoms with Crippen LogP contribution in [0.2, 0.25) is 0 Å². The summed E-state index contributed by atoms with van der Waals surface area (Å²) in [6, 6.07) is 3.30. The van der Waals surface area contributed by atoms with Crippen LogP contribution >= 0.6 is 0 Å². The molecule has 0 aromatic heterocycles. The Morgan fingerprint density at radius 1 is 1.25 bits per heavy atom. The first-order chi connectivity index (χ1) is 9.49. The number of anilines is 1. The SMILES string of the molecule is CN(C)CCCNC(=O)CCNc1ccc(F)cc1F. The molecule has 0 bridgehead atoms. The molecule has 0 atom stereocenters. The molecule has 0 spiro atoms. The fourth-order valence-corrected chi connectivity index (χ4v) is 1.66. The van der Waals surface area contributed by atoms with Crippen molar-refractivity contribution in [3.8, 4) is 0 Å². The van der Waals surface area contributed by atoms with E-state index in [4.69, 9.17) is 0 Å². The molecular weight excluding hydrogens is 264 g/mol. The Balaban J connectivity index is 2.18. The average molecular weight is 285 g/mol. The van der Waals surface area contributed by atoms with E-state index in [1.165, 1.54) is 12.1 Å². The minimum absolute atomic E-state index is 0.0845. The van der Waals surface area contributed by atoms with Gasteiger partial charge in [0.1, 0.15) is 11.6 Å². The van der Waals surface area contributed by atoms with Crippen LogP contribution in [0.4, 0.5) is 14.5 Å². The van der Waals surface area contributed by atoms with E-state index < -0.39 is 11.6 Å². The highest BCUT2D eigenvalue weighted by Crippen LogP contribution is 2.14. The van der Waals surface area contributed by atoms with Crippen LogP contribution in [0, 0.1) is 11.6 Å². The first kappa shape index (κ1) is 16.4. The first-order valence-corrected chi connectivity index (χ1v) is 6.59. The van der Waals surface area contributed by atoms with Crippen molar-refractivity contribution in [3.05, 3.63) is 29.8 Å². The second-order valence-electron chi connectivity index (χ2n) is 4.81. The monoisotopic (exact) mass is 285 g/mol. The minimum Gasteiger partial charge on any atom is -0.382 e. The fourth-order valence-electron chi connectivity index (χ4n) is 1.66. The van der Waals surface area contributed by atoms with Gasteiger partial charge in [0.15, 0.2) is 0 Å². The van der Waals surface area contributed by atoms with Crippen molar-refractivity contribution in [2.45, 2.75) is 12.8 Å². The third-order valence-corrected chi connectivity index (χ3v) is 2.70. The molecule has 112 valence electrons. The molecule has 2 N–H and O–H groups in total. The van der Waals surface area contributed by atoms with E-state index in [0.717, 1.165) is 19.0 Å². The van der Waals surface area contributed by atoms with Crippen LogP contribution in [-0.4, -0.2) is 44.5 Å². The number of carbonyl (C=O) groups excluding carboxylic acids is 1. The van der Waals surface area contributed by atoms with Crippen LogP contribution in [-0.2, 0) is 4.79 Å². The topological polar surface area (TPSA) is 44.4 Å². The molecule has 0 aliphatic rings. The second kappa shape index (κ2) is 8.47. The molecule has 0 saturated carbocycles. The predicted molar refractivity (Wildman–Crippen MR) is 75.6 cm³/mol. The lowest BCUT2D eigenvalue weighted by Gasteiger charge is -2.10. The van der Waals surface area contributed by atoms with E-state index in [-0.39, 0.29) is 18.0 Å². The third-order valence-electron chi connectivity index (χ3n) is 2.70. The summed E-state index contributed by atoms with van der Waals surface area (Å²) in [4.78, 5) is 13.5. The highest BCUT2D eigenvalue weighted by Gasteiger charge is 2.04. The summed E-state index contributed by atoms with van der Waals surface area (Å²) in [6.07, 6.45) is 1.14. The zero-order valence-corrected chi connectivity index (χ0v) is 11.9. The number of amides is 1. The Bertz CT molecular complexity index is 438. The Hall–Kier alpha value is -1.69. The lowest BCUT2D eigenvalue weighted by molar-refractivity contribution is -0.120. The van der Waals surface area contributed by atoms with Crippen molar-refractivity contribution in [2.75, 3.05) is 39.0 Å². The quantitative estimate of drug-likeness (QED) is 0.716. The van der Waals surface area contributed by atoms with E-state index in [1.54, 1.807) is 0 Å². The van der Waals surface area contributed by atoms with Gasteiger partial charge in [0.05, 0.1) is 5.69 Å². The normalized spacial score (nSPS) is 10.7. The molecule has 4 nitrogen and oxygen atoms in total. The number of rotatable bonds is 8. The van der Waals surface area contributed by atoms with Gasteiger partial charge in [-0.2, -0.15) is 0 Å². The smallest absolute Gasteiger partial charge is 0.221 e. The summed E-state index contributed by atoms with van der Waals surface area (Å²) in [6.45, 7) is 1.85. The molecule has 0 aliphatic heterocycles. The minimum atomic E-state index is -0.656. The zero-order chi connectivity index (χ0) is 15.0. The zero-order valence-electron chi connectivity index (χ0n) is 11.9. The maximum Gasteiger partial charge on any atom is 0.221 e. The number of nitrogens with one attached hydrogen (secondary N) is 2. The highest BCUT2D eigenvalue weighted by atomic mass is 19.1. The van der Waals surface area contributed by atoms with Crippen LogP contribution in [0.1, 0.15) is 12.8 Å². The van der Waals surface area contributed by atoms with Gasteiger partial charge in [-0.05, 0) is 39.2 Å². The maximum absolute atomic E-state index is 13.3. The summed E-state index contributed by atoms with van der Waals surface area (Å²) in [5.74, 6) is -1.36. The fraction of sp³-hybridized carbons (Fsp3) is 0.500. The standard InChI is InChI=1S/C14H21F2N3O/c1-19(2)9-3-7-18-14(20)6-8-17-13-5-4-11(15)10-12(13)16/h4-5,10,17H,3,6-9H2,1-2H3,(H,18,20). The van der Waals surface area contributed by atoms with Crippen LogP contribution in [0.5, 0.6) is 0 Å². The van der Waals surface area contributed by atoms with Gasteiger partial charge >= 0.3 is 0 Å². The molecule has 0 unspecified atom stereocenters. The first-order valence-electron chi connectivity index (χ1n) is 6.59. The third kappa shape index (κ3) is 6.47. The summed E-state index contributed by atoms with van der Waals surface area (Å²) in [5.41, 5.74) is 0.201. The van der Waals surface area contributed by atoms with Crippen molar-refractivity contribution in [2.24, 2.45) is 0 Å². The Kier molecular flexibility index (Phi) is 6.93. The maximum atomic E-state index is 13.3. The van der Waals surface area contributed by atoms with E-state index in [1.807, 2.05) is 19.0 Å². The van der Waals surface area contributed by atoms with E-state index in [0.29, 0.717) is 13.1 Å². The van der Waals surface area contributed by atoms with Crippen molar-refractivity contribution >= 4 is 11.6 Å². The van der Waals surface area contributed by atoms with Crippen molar-refractivity contribution in [1.82, 2.24) is 10.2 Å². The number of benzene rings is 1. The molecule has 6 heteroatoms. The molecule has 0 saturated heterocycles. The van der Waals surface area contributed by atoms with E-state index in [9.17, 15) is 13.6 Å². The van der Waals surface area contributed by atoms with Crippen LogP contribution < -0.4 is 10.6 Å². The van der Waals surface area contributed by atoms with Gasteiger partial charge in [-0.25, -0.2) is 8.78 Å². The van der Waals surface area contributed by atoms with Crippen LogP contribution in [0.25, 0.3) is 0 Å². The van der Waals surface area contributed by atoms with E-state index >= 15 is 0 Å². The van der Waals surface area contributed by atoms with Gasteiger partial charge in [0.25, 0.3) is 0 Å². The second-order valence-corrected chi connectivity index (χ2v) is 4.81. The average Bonchev–Trinajstić information content (AvgIpc) is 2.37. The molecule has 1 amide bonds. The summed E-state index contributed by atoms with van der Waals surface area (Å²) < 4.78 is 26.0. The van der Waals surface area contributed by atoms with Gasteiger partial charge in [-0.15, -0.1) is 0 Å². The number of halogens is 2. The highest BCUT2D eigenvalue weighted by molar-refractivity contribution is 5.76. The molecule has 0 heterocycles. The summed E-state index contributed by atoms with van der Waals surface area (Å²) in [5, 5.41) is 5.56. The Morgan fingerprint density at radius 3 is 2.65 bits per heavy atom. The summed E-state index contributed by atoms with van der Waals surface area (Å²) >= 11 is 0. The molecule has 0 fully saturated rings. The molecular formula is C14H21F2N3O. The predicted octanol–water partition coefficient (Wildman–Crippen LogP) is 1.83. The van der Waals surface area contributed by atoms with Gasteiger partial charge in [-0.1, -0.05) is 0 Å². The molecule has 1 aromatic carbocycles. The molecule has 0 radical (unpaired) electrons. The van der Waals surface area contributed by atoms with Gasteiger partial charge in [-0.3, -0.25) is 4.79 Å². The number of hydrogen-bond acceptors (Lipinski definition) is 3. The molecule has 1 rings (SSSR count). The van der Waals surface area contributed by atoms with Crippen molar-refractivity contribution in [3.63, 3.8) is 0 Å². The largest absolute Gasteiger partial charge is 0.382 e. The van der Waals surface area contributed by atoms with Crippen molar-refractivity contribution < 1.29 is 13.6 Å². The lowest BCUT2D eigenvalue weighted by Crippen LogP contribution is -2.28. The molecule has 1 aromatic rings. The molecule has 20 heavy (non-hydrogen) atoms. The number of nitrogens with zero attached hydrogens (tertiary/aromatic N) is 1. The van der Waals surface area contributed by atoms with Crippen LogP contribution in [0.15, 0.2) is 18.2 Å². The number of hydrogen-bond donors (Lipinski definition) is 2. The van der Waals surface area contributed by atoms with Gasteiger partial charge in [0, 0.05) is 25.6 Å². The van der Waals surface area contributed by atoms with Gasteiger partial charge < -0.3 is 15.5 Å². The van der Waals surface area contributed by atoms with E-state index in [2.05, 4.69) is 10.6 Å². The van der Waals surface area contributed by atoms with Crippen molar-refractivity contribution in [1.29, 1.82) is 0 Å². The van der Waals surface area contributed by atoms with Crippen LogP contribution in [0.3, 0.4) is 0 Å². The number of carbonyl (C=O) groups is 1. The molecule has 0 aliphatic carbocycles. The Labute approximate surface area is 118 Å². The van der Waals surface area contributed by atoms with Gasteiger partial charge in [0.2, 0.25) is 5.91 Å². The Morgan fingerprint density at radius 2 is 2.00 bits per heavy atom. The summed E-state index contributed by atoms with van der Waals surface area (Å²) in [7, 11) is 3.95. The lowest BCUT2D eigenvalue weighted by atomic mass is 10.3.